The molecule has 1 aliphatic heterocycles. The first-order valence-electron chi connectivity index (χ1n) is 8.35. The van der Waals surface area contributed by atoms with Gasteiger partial charge in [-0.2, -0.15) is 0 Å². The predicted molar refractivity (Wildman–Crippen MR) is 94.7 cm³/mol. The highest BCUT2D eigenvalue weighted by molar-refractivity contribution is 5.82. The lowest BCUT2D eigenvalue weighted by molar-refractivity contribution is -0.149. The van der Waals surface area contributed by atoms with E-state index in [0.29, 0.717) is 6.54 Å². The Labute approximate surface area is 147 Å². The van der Waals surface area contributed by atoms with Crippen LogP contribution in [0.15, 0.2) is 60.7 Å². The highest BCUT2D eigenvalue weighted by Gasteiger charge is 2.44. The number of amides is 2. The molecule has 1 aliphatic rings. The molecule has 1 fully saturated rings. The normalized spacial score (nSPS) is 23.0. The van der Waals surface area contributed by atoms with Gasteiger partial charge in [-0.15, -0.1) is 0 Å². The monoisotopic (exact) mass is 338 g/mol. The van der Waals surface area contributed by atoms with Gasteiger partial charge >= 0.3 is 12.0 Å². The van der Waals surface area contributed by atoms with Crippen molar-refractivity contribution in [3.63, 3.8) is 0 Å². The molecule has 5 heteroatoms. The van der Waals surface area contributed by atoms with E-state index in [4.69, 9.17) is 4.74 Å². The molecule has 1 heterocycles. The van der Waals surface area contributed by atoms with Crippen molar-refractivity contribution >= 4 is 12.0 Å². The summed E-state index contributed by atoms with van der Waals surface area (Å²) in [6.45, 7) is 2.35. The van der Waals surface area contributed by atoms with Crippen molar-refractivity contribution in [2.75, 3.05) is 7.11 Å². The summed E-state index contributed by atoms with van der Waals surface area (Å²) in [5, 5.41) is 2.98. The molecule has 5 nitrogen and oxygen atoms in total. The second kappa shape index (κ2) is 7.38. The van der Waals surface area contributed by atoms with Gasteiger partial charge in [0.2, 0.25) is 0 Å². The smallest absolute Gasteiger partial charge is 0.318 e. The minimum atomic E-state index is -0.478. The number of nitrogens with zero attached hydrogens (tertiary/aromatic N) is 1. The summed E-state index contributed by atoms with van der Waals surface area (Å²) in [6, 6.07) is 18.4. The van der Waals surface area contributed by atoms with Crippen molar-refractivity contribution in [3.05, 3.63) is 71.8 Å². The summed E-state index contributed by atoms with van der Waals surface area (Å²) in [7, 11) is 1.38. The van der Waals surface area contributed by atoms with Crippen LogP contribution in [0.3, 0.4) is 0 Å². The van der Waals surface area contributed by atoms with Crippen LogP contribution < -0.4 is 5.32 Å². The number of nitrogens with one attached hydrogen (secondary N) is 1. The van der Waals surface area contributed by atoms with Crippen molar-refractivity contribution in [1.82, 2.24) is 10.2 Å². The summed E-state index contributed by atoms with van der Waals surface area (Å²) in [4.78, 5) is 26.9. The lowest BCUT2D eigenvalue weighted by Gasteiger charge is -2.43. The van der Waals surface area contributed by atoms with Crippen molar-refractivity contribution in [2.45, 2.75) is 25.6 Å². The van der Waals surface area contributed by atoms with Gasteiger partial charge in [0.25, 0.3) is 0 Å². The number of urea groups is 1. The number of rotatable bonds is 4. The third kappa shape index (κ3) is 3.50. The van der Waals surface area contributed by atoms with Gasteiger partial charge in [-0.05, 0) is 18.1 Å². The van der Waals surface area contributed by atoms with Gasteiger partial charge < -0.3 is 15.0 Å². The van der Waals surface area contributed by atoms with Gasteiger partial charge in [-0.1, -0.05) is 60.7 Å². The van der Waals surface area contributed by atoms with E-state index in [1.807, 2.05) is 67.6 Å². The average Bonchev–Trinajstić information content (AvgIpc) is 2.65. The Morgan fingerprint density at radius 2 is 1.68 bits per heavy atom. The van der Waals surface area contributed by atoms with E-state index < -0.39 is 12.0 Å². The minimum absolute atomic E-state index is 0.176. The molecule has 1 saturated heterocycles. The van der Waals surface area contributed by atoms with Gasteiger partial charge in [-0.25, -0.2) is 4.79 Å². The topological polar surface area (TPSA) is 58.6 Å². The Morgan fingerprint density at radius 1 is 1.08 bits per heavy atom. The maximum Gasteiger partial charge on any atom is 0.318 e. The zero-order valence-corrected chi connectivity index (χ0v) is 14.4. The van der Waals surface area contributed by atoms with E-state index in [0.717, 1.165) is 11.1 Å². The first-order valence-corrected chi connectivity index (χ1v) is 8.35. The summed E-state index contributed by atoms with van der Waals surface area (Å²) in [6.07, 6.45) is 0. The number of carbonyl (C=O) groups is 2. The Balaban J connectivity index is 1.90. The second-order valence-corrected chi connectivity index (χ2v) is 6.24. The molecule has 3 atom stereocenters. The van der Waals surface area contributed by atoms with Crippen LogP contribution in [-0.2, 0) is 16.1 Å². The van der Waals surface area contributed by atoms with Crippen LogP contribution in [-0.4, -0.2) is 30.1 Å². The first kappa shape index (κ1) is 17.0. The summed E-state index contributed by atoms with van der Waals surface area (Å²) >= 11 is 0. The zero-order chi connectivity index (χ0) is 17.8. The third-order valence-corrected chi connectivity index (χ3v) is 4.74. The standard InChI is InChI=1S/C20H22N2O3/c1-14-17(19(23)25-2)18(16-11-7-4-8-12-16)21-20(24)22(14)13-15-9-5-3-6-10-15/h3-12,14,17-18H,13H2,1-2H3,(H,21,24)/t14-,17-,18+/m1/s1. The molecule has 2 amide bonds. The van der Waals surface area contributed by atoms with Crippen LogP contribution in [0.5, 0.6) is 0 Å². The van der Waals surface area contributed by atoms with Crippen molar-refractivity contribution < 1.29 is 14.3 Å². The van der Waals surface area contributed by atoms with Gasteiger partial charge in [-0.3, -0.25) is 4.79 Å². The van der Waals surface area contributed by atoms with E-state index in [1.165, 1.54) is 7.11 Å². The number of benzene rings is 2. The van der Waals surface area contributed by atoms with Gasteiger partial charge in [0, 0.05) is 12.6 Å². The largest absolute Gasteiger partial charge is 0.469 e. The molecule has 0 saturated carbocycles. The molecule has 1 N–H and O–H groups in total. The molecule has 0 aliphatic carbocycles. The number of hydrogen-bond donors (Lipinski definition) is 1. The highest BCUT2D eigenvalue weighted by atomic mass is 16.5. The van der Waals surface area contributed by atoms with Crippen LogP contribution in [0.1, 0.15) is 24.1 Å². The Hall–Kier alpha value is -2.82. The van der Waals surface area contributed by atoms with Crippen molar-refractivity contribution in [2.24, 2.45) is 5.92 Å². The molecule has 25 heavy (non-hydrogen) atoms. The van der Waals surface area contributed by atoms with Crippen LogP contribution >= 0.6 is 0 Å². The molecular weight excluding hydrogens is 316 g/mol. The van der Waals surface area contributed by atoms with E-state index in [9.17, 15) is 9.59 Å². The Morgan fingerprint density at radius 3 is 2.28 bits per heavy atom. The molecule has 0 unspecified atom stereocenters. The number of hydrogen-bond acceptors (Lipinski definition) is 3. The average molecular weight is 338 g/mol. The van der Waals surface area contributed by atoms with E-state index in [2.05, 4.69) is 5.32 Å². The summed E-state index contributed by atoms with van der Waals surface area (Å²) < 4.78 is 5.03. The Bertz CT molecular complexity index is 733. The molecule has 0 spiro atoms. The number of ether oxygens (including phenoxy) is 1. The number of methoxy groups -OCH3 is 1. The summed E-state index contributed by atoms with van der Waals surface area (Å²) in [5.41, 5.74) is 1.92. The molecule has 130 valence electrons. The molecule has 3 rings (SSSR count). The zero-order valence-electron chi connectivity index (χ0n) is 14.4. The lowest BCUT2D eigenvalue weighted by atomic mass is 9.85. The number of carbonyl (C=O) groups excluding carboxylic acids is 2. The quantitative estimate of drug-likeness (QED) is 0.872. The van der Waals surface area contributed by atoms with Gasteiger partial charge in [0.1, 0.15) is 5.92 Å². The molecule has 0 aromatic heterocycles. The third-order valence-electron chi connectivity index (χ3n) is 4.74. The Kier molecular flexibility index (Phi) is 5.03. The van der Waals surface area contributed by atoms with Crippen LogP contribution in [0.25, 0.3) is 0 Å². The SMILES string of the molecule is COC(=O)[C@@H]1[C@@H](C)N(Cc2ccccc2)C(=O)N[C@H]1c1ccccc1. The van der Waals surface area contributed by atoms with Crippen molar-refractivity contribution in [1.29, 1.82) is 0 Å². The van der Waals surface area contributed by atoms with Gasteiger partial charge in [0.05, 0.1) is 13.2 Å². The van der Waals surface area contributed by atoms with Crippen LogP contribution in [0, 0.1) is 5.92 Å². The fraction of sp³-hybridized carbons (Fsp3) is 0.300. The fourth-order valence-corrected chi connectivity index (χ4v) is 3.38. The molecule has 2 aromatic carbocycles. The lowest BCUT2D eigenvalue weighted by Crippen LogP contribution is -2.59. The van der Waals surface area contributed by atoms with Gasteiger partial charge in [0.15, 0.2) is 0 Å². The van der Waals surface area contributed by atoms with E-state index in [-0.39, 0.29) is 18.0 Å². The maximum atomic E-state index is 12.7. The highest BCUT2D eigenvalue weighted by Crippen LogP contribution is 2.33. The van der Waals surface area contributed by atoms with Crippen LogP contribution in [0.4, 0.5) is 4.79 Å². The number of esters is 1. The van der Waals surface area contributed by atoms with Crippen molar-refractivity contribution in [3.8, 4) is 0 Å². The van der Waals surface area contributed by atoms with E-state index in [1.54, 1.807) is 4.90 Å². The summed E-state index contributed by atoms with van der Waals surface area (Å²) in [5.74, 6) is -0.798. The molecule has 0 bridgehead atoms. The molecule has 0 radical (unpaired) electrons. The van der Waals surface area contributed by atoms with E-state index >= 15 is 0 Å². The second-order valence-electron chi connectivity index (χ2n) is 6.24. The molecular formula is C20H22N2O3. The maximum absolute atomic E-state index is 12.7. The predicted octanol–water partition coefficient (Wildman–Crippen LogP) is 3.13. The molecule has 2 aromatic rings. The van der Waals surface area contributed by atoms with Crippen LogP contribution in [0.2, 0.25) is 0 Å². The minimum Gasteiger partial charge on any atom is -0.469 e. The first-order chi connectivity index (χ1) is 12.1. The fourth-order valence-electron chi connectivity index (χ4n) is 3.38.